The van der Waals surface area contributed by atoms with Gasteiger partial charge in [0.05, 0.1) is 13.2 Å². The molecule has 2 atom stereocenters. The third-order valence-corrected chi connectivity index (χ3v) is 4.29. The maximum absolute atomic E-state index is 12.3. The molecule has 0 saturated carbocycles. The SMILES string of the molecule is COc1cc(N2CCN(C(=O)OC(C)(C)C)[C@H](C)C2)ccc1C(C)O. The van der Waals surface area contributed by atoms with Gasteiger partial charge in [-0.05, 0) is 40.7 Å². The second-order valence-electron chi connectivity index (χ2n) is 7.57. The number of hydrogen-bond acceptors (Lipinski definition) is 5. The van der Waals surface area contributed by atoms with Crippen molar-refractivity contribution in [1.29, 1.82) is 0 Å². The average molecular weight is 350 g/mol. The van der Waals surface area contributed by atoms with Crippen LogP contribution in [-0.2, 0) is 4.74 Å². The molecule has 6 heteroatoms. The summed E-state index contributed by atoms with van der Waals surface area (Å²) in [5.74, 6) is 0.676. The van der Waals surface area contributed by atoms with Crippen LogP contribution >= 0.6 is 0 Å². The van der Waals surface area contributed by atoms with Crippen molar-refractivity contribution in [2.45, 2.75) is 52.4 Å². The van der Waals surface area contributed by atoms with Gasteiger partial charge in [0.2, 0.25) is 0 Å². The van der Waals surface area contributed by atoms with Gasteiger partial charge in [-0.3, -0.25) is 0 Å². The Balaban J connectivity index is 2.09. The van der Waals surface area contributed by atoms with Crippen molar-refractivity contribution in [3.63, 3.8) is 0 Å². The number of piperazine rings is 1. The quantitative estimate of drug-likeness (QED) is 0.907. The average Bonchev–Trinajstić information content (AvgIpc) is 2.52. The molecule has 1 aliphatic heterocycles. The second-order valence-corrected chi connectivity index (χ2v) is 7.57. The molecule has 1 heterocycles. The molecular formula is C19H30N2O4. The molecule has 0 spiro atoms. The predicted octanol–water partition coefficient (Wildman–Crippen LogP) is 3.19. The lowest BCUT2D eigenvalue weighted by Crippen LogP contribution is -2.55. The zero-order chi connectivity index (χ0) is 18.8. The first-order valence-corrected chi connectivity index (χ1v) is 8.73. The highest BCUT2D eigenvalue weighted by atomic mass is 16.6. The summed E-state index contributed by atoms with van der Waals surface area (Å²) in [5, 5.41) is 9.82. The van der Waals surface area contributed by atoms with Gasteiger partial charge in [-0.25, -0.2) is 4.79 Å². The van der Waals surface area contributed by atoms with Crippen LogP contribution in [0.1, 0.15) is 46.3 Å². The van der Waals surface area contributed by atoms with Crippen LogP contribution in [-0.4, -0.2) is 54.5 Å². The number of carbonyl (C=O) groups is 1. The largest absolute Gasteiger partial charge is 0.496 e. The number of anilines is 1. The van der Waals surface area contributed by atoms with E-state index in [4.69, 9.17) is 9.47 Å². The lowest BCUT2D eigenvalue weighted by molar-refractivity contribution is 0.0159. The van der Waals surface area contributed by atoms with Crippen LogP contribution in [0.15, 0.2) is 18.2 Å². The molecule has 1 aromatic rings. The standard InChI is InChI=1S/C19H30N2O4/c1-13-12-20(9-10-21(13)18(23)25-19(3,4)5)15-7-8-16(14(2)22)17(11-15)24-6/h7-8,11,13-14,22H,9-10,12H2,1-6H3/t13-,14?/m1/s1. The lowest BCUT2D eigenvalue weighted by Gasteiger charge is -2.41. The van der Waals surface area contributed by atoms with E-state index < -0.39 is 11.7 Å². The minimum Gasteiger partial charge on any atom is -0.496 e. The molecule has 0 bridgehead atoms. The van der Waals surface area contributed by atoms with E-state index in [1.165, 1.54) is 0 Å². The molecule has 0 aromatic heterocycles. The molecule has 1 aliphatic rings. The third kappa shape index (κ3) is 4.78. The normalized spacial score (nSPS) is 19.6. The van der Waals surface area contributed by atoms with Crippen molar-refractivity contribution in [2.24, 2.45) is 0 Å². The molecule has 25 heavy (non-hydrogen) atoms. The minimum atomic E-state index is -0.577. The zero-order valence-corrected chi connectivity index (χ0v) is 16.1. The molecular weight excluding hydrogens is 320 g/mol. The van der Waals surface area contributed by atoms with Crippen molar-refractivity contribution in [2.75, 3.05) is 31.6 Å². The van der Waals surface area contributed by atoms with Gasteiger partial charge in [0, 0.05) is 43.0 Å². The molecule has 1 aromatic carbocycles. The van der Waals surface area contributed by atoms with E-state index in [1.807, 2.05) is 45.9 Å². The van der Waals surface area contributed by atoms with Crippen LogP contribution in [0.25, 0.3) is 0 Å². The zero-order valence-electron chi connectivity index (χ0n) is 16.1. The number of aliphatic hydroxyl groups is 1. The van der Waals surface area contributed by atoms with Gasteiger partial charge >= 0.3 is 6.09 Å². The van der Waals surface area contributed by atoms with Gasteiger partial charge in [0.15, 0.2) is 0 Å². The highest BCUT2D eigenvalue weighted by Crippen LogP contribution is 2.31. The molecule has 140 valence electrons. The molecule has 1 amide bonds. The van der Waals surface area contributed by atoms with Gasteiger partial charge in [-0.2, -0.15) is 0 Å². The Labute approximate surface area is 150 Å². The van der Waals surface area contributed by atoms with Gasteiger partial charge in [-0.15, -0.1) is 0 Å². The molecule has 2 rings (SSSR count). The van der Waals surface area contributed by atoms with E-state index in [2.05, 4.69) is 4.90 Å². The van der Waals surface area contributed by atoms with Crippen LogP contribution in [0, 0.1) is 0 Å². The van der Waals surface area contributed by atoms with E-state index >= 15 is 0 Å². The predicted molar refractivity (Wildman–Crippen MR) is 98.2 cm³/mol. The first kappa shape index (κ1) is 19.4. The summed E-state index contributed by atoms with van der Waals surface area (Å²) >= 11 is 0. The van der Waals surface area contributed by atoms with Crippen molar-refractivity contribution in [3.8, 4) is 5.75 Å². The first-order chi connectivity index (χ1) is 11.6. The van der Waals surface area contributed by atoms with Crippen LogP contribution in [0.3, 0.4) is 0 Å². The van der Waals surface area contributed by atoms with Crippen molar-refractivity contribution in [1.82, 2.24) is 4.90 Å². The summed E-state index contributed by atoms with van der Waals surface area (Å²) in [6.45, 7) is 11.4. The van der Waals surface area contributed by atoms with Gasteiger partial charge < -0.3 is 24.4 Å². The van der Waals surface area contributed by atoms with E-state index in [1.54, 1.807) is 18.9 Å². The Bertz CT molecular complexity index is 610. The molecule has 0 aliphatic carbocycles. The summed E-state index contributed by atoms with van der Waals surface area (Å²) in [4.78, 5) is 16.3. The number of hydrogen-bond donors (Lipinski definition) is 1. The highest BCUT2D eigenvalue weighted by Gasteiger charge is 2.31. The summed E-state index contributed by atoms with van der Waals surface area (Å²) in [6.07, 6.45) is -0.839. The number of nitrogens with zero attached hydrogens (tertiary/aromatic N) is 2. The number of carbonyl (C=O) groups excluding carboxylic acids is 1. The molecule has 6 nitrogen and oxygen atoms in total. The van der Waals surface area contributed by atoms with Crippen LogP contribution in [0.2, 0.25) is 0 Å². The third-order valence-electron chi connectivity index (χ3n) is 4.29. The number of ether oxygens (including phenoxy) is 2. The first-order valence-electron chi connectivity index (χ1n) is 8.73. The summed E-state index contributed by atoms with van der Waals surface area (Å²) in [7, 11) is 1.61. The lowest BCUT2D eigenvalue weighted by atomic mass is 10.1. The number of amides is 1. The Morgan fingerprint density at radius 1 is 1.32 bits per heavy atom. The van der Waals surface area contributed by atoms with Gasteiger partial charge in [-0.1, -0.05) is 6.07 Å². The maximum atomic E-state index is 12.3. The van der Waals surface area contributed by atoms with Gasteiger partial charge in [0.25, 0.3) is 0 Å². The smallest absolute Gasteiger partial charge is 0.410 e. The number of rotatable bonds is 3. The second kappa shape index (κ2) is 7.52. The fraction of sp³-hybridized carbons (Fsp3) is 0.632. The number of benzene rings is 1. The monoisotopic (exact) mass is 350 g/mol. The summed E-state index contributed by atoms with van der Waals surface area (Å²) < 4.78 is 10.9. The molecule has 1 N–H and O–H groups in total. The highest BCUT2D eigenvalue weighted by molar-refractivity contribution is 5.69. The molecule has 1 fully saturated rings. The molecule has 1 saturated heterocycles. The Kier molecular flexibility index (Phi) is 5.83. The van der Waals surface area contributed by atoms with E-state index in [0.29, 0.717) is 12.3 Å². The van der Waals surface area contributed by atoms with Crippen molar-refractivity contribution in [3.05, 3.63) is 23.8 Å². The summed E-state index contributed by atoms with van der Waals surface area (Å²) in [5.41, 5.74) is 1.31. The Morgan fingerprint density at radius 2 is 2.00 bits per heavy atom. The Morgan fingerprint density at radius 3 is 2.52 bits per heavy atom. The van der Waals surface area contributed by atoms with E-state index in [-0.39, 0.29) is 12.1 Å². The summed E-state index contributed by atoms with van der Waals surface area (Å²) in [6, 6.07) is 5.87. The number of aliphatic hydroxyl groups excluding tert-OH is 1. The molecule has 1 unspecified atom stereocenters. The maximum Gasteiger partial charge on any atom is 0.410 e. The van der Waals surface area contributed by atoms with Crippen LogP contribution in [0.4, 0.5) is 10.5 Å². The van der Waals surface area contributed by atoms with Crippen molar-refractivity contribution < 1.29 is 19.4 Å². The van der Waals surface area contributed by atoms with Crippen molar-refractivity contribution >= 4 is 11.8 Å². The van der Waals surface area contributed by atoms with E-state index in [0.717, 1.165) is 24.3 Å². The van der Waals surface area contributed by atoms with Crippen LogP contribution < -0.4 is 9.64 Å². The fourth-order valence-corrected chi connectivity index (χ4v) is 3.03. The molecule has 0 radical (unpaired) electrons. The minimum absolute atomic E-state index is 0.0473. The van der Waals surface area contributed by atoms with Gasteiger partial charge in [0.1, 0.15) is 11.4 Å². The topological polar surface area (TPSA) is 62.2 Å². The van der Waals surface area contributed by atoms with E-state index in [9.17, 15) is 9.90 Å². The fourth-order valence-electron chi connectivity index (χ4n) is 3.03. The van der Waals surface area contributed by atoms with Crippen LogP contribution in [0.5, 0.6) is 5.75 Å². The number of methoxy groups -OCH3 is 1. The Hall–Kier alpha value is -1.95.